The lowest BCUT2D eigenvalue weighted by Crippen LogP contribution is -2.22. The van der Waals surface area contributed by atoms with E-state index in [4.69, 9.17) is 0 Å². The molecule has 1 rings (SSSR count). The first-order valence-corrected chi connectivity index (χ1v) is 4.02. The van der Waals surface area contributed by atoms with E-state index in [0.717, 1.165) is 6.07 Å². The van der Waals surface area contributed by atoms with Crippen molar-refractivity contribution in [1.29, 1.82) is 0 Å². The van der Waals surface area contributed by atoms with E-state index in [2.05, 4.69) is 22.0 Å². The van der Waals surface area contributed by atoms with Gasteiger partial charge in [-0.15, -0.1) is 5.73 Å². The number of nitrogens with zero attached hydrogens (tertiary/aromatic N) is 1. The second kappa shape index (κ2) is 4.78. The Labute approximate surface area is 85.0 Å². The highest BCUT2D eigenvalue weighted by atomic mass is 16.6. The molecule has 78 valence electrons. The lowest BCUT2D eigenvalue weighted by Gasteiger charge is -1.96. The maximum Gasteiger partial charge on any atom is 0.433 e. The van der Waals surface area contributed by atoms with Gasteiger partial charge in [-0.2, -0.15) is 0 Å². The van der Waals surface area contributed by atoms with Gasteiger partial charge in [-0.05, 0) is 12.1 Å². The van der Waals surface area contributed by atoms with Crippen LogP contribution in [-0.2, 0) is 0 Å². The topological polar surface area (TPSA) is 85.4 Å². The zero-order valence-corrected chi connectivity index (χ0v) is 7.73. The van der Waals surface area contributed by atoms with E-state index >= 15 is 0 Å². The normalized spacial score (nSPS) is 9.07. The maximum absolute atomic E-state index is 11.3. The lowest BCUT2D eigenvalue weighted by atomic mass is 10.4. The molecule has 0 aromatic carbocycles. The van der Waals surface area contributed by atoms with Gasteiger partial charge in [0, 0.05) is 6.54 Å². The molecule has 15 heavy (non-hydrogen) atoms. The predicted octanol–water partition coefficient (Wildman–Crippen LogP) is 1.26. The molecule has 1 amide bonds. The molecule has 0 aliphatic carbocycles. The fraction of sp³-hybridized carbons (Fsp3) is 0.111. The monoisotopic (exact) mass is 208 g/mol. The number of hydrogen-bond acceptors (Lipinski definition) is 4. The van der Waals surface area contributed by atoms with Crippen molar-refractivity contribution in [3.8, 4) is 0 Å². The van der Waals surface area contributed by atoms with Crippen molar-refractivity contribution in [1.82, 2.24) is 5.32 Å². The Morgan fingerprint density at radius 3 is 3.00 bits per heavy atom. The molecule has 1 aromatic rings. The van der Waals surface area contributed by atoms with E-state index in [9.17, 15) is 14.9 Å². The van der Waals surface area contributed by atoms with E-state index in [1.54, 1.807) is 0 Å². The molecule has 0 unspecified atom stereocenters. The Kier molecular flexibility index (Phi) is 3.43. The number of nitrogens with one attached hydrogen (secondary N) is 1. The summed E-state index contributed by atoms with van der Waals surface area (Å²) in [5.74, 6) is -1.08. The Balaban J connectivity index is 2.66. The zero-order valence-electron chi connectivity index (χ0n) is 7.73. The summed E-state index contributed by atoms with van der Waals surface area (Å²) in [6.07, 6.45) is 1.51. The van der Waals surface area contributed by atoms with E-state index in [1.165, 1.54) is 12.1 Å². The van der Waals surface area contributed by atoms with Gasteiger partial charge in [-0.1, -0.05) is 6.58 Å². The van der Waals surface area contributed by atoms with Gasteiger partial charge in [0.05, 0.1) is 6.07 Å². The lowest BCUT2D eigenvalue weighted by molar-refractivity contribution is -0.402. The highest BCUT2D eigenvalue weighted by Crippen LogP contribution is 2.15. The van der Waals surface area contributed by atoms with Crippen LogP contribution in [0, 0.1) is 10.1 Å². The smallest absolute Gasteiger partial charge is 0.395 e. The average molecular weight is 208 g/mol. The number of amides is 1. The minimum absolute atomic E-state index is 0.0980. The number of carbonyl (C=O) groups is 1. The quantitative estimate of drug-likeness (QED) is 0.458. The molecule has 0 aliphatic heterocycles. The van der Waals surface area contributed by atoms with Crippen molar-refractivity contribution in [3.63, 3.8) is 0 Å². The first-order chi connectivity index (χ1) is 7.15. The van der Waals surface area contributed by atoms with Crippen LogP contribution in [0.2, 0.25) is 0 Å². The van der Waals surface area contributed by atoms with Crippen LogP contribution in [0.5, 0.6) is 0 Å². The fourth-order valence-electron chi connectivity index (χ4n) is 0.851. The number of hydrogen-bond donors (Lipinski definition) is 1. The van der Waals surface area contributed by atoms with Crippen molar-refractivity contribution < 1.29 is 14.1 Å². The summed E-state index contributed by atoms with van der Waals surface area (Å²) in [7, 11) is 0. The summed E-state index contributed by atoms with van der Waals surface area (Å²) in [5.41, 5.74) is 2.47. The molecule has 0 saturated heterocycles. The van der Waals surface area contributed by atoms with Crippen LogP contribution in [0.4, 0.5) is 5.88 Å². The van der Waals surface area contributed by atoms with Gasteiger partial charge in [0.15, 0.2) is 5.76 Å². The molecule has 6 heteroatoms. The van der Waals surface area contributed by atoms with E-state index < -0.39 is 16.7 Å². The number of furan rings is 1. The summed E-state index contributed by atoms with van der Waals surface area (Å²) in [4.78, 5) is 20.8. The molecule has 0 atom stereocenters. The summed E-state index contributed by atoms with van der Waals surface area (Å²) in [6, 6.07) is 2.36. The third-order valence-electron chi connectivity index (χ3n) is 1.50. The summed E-state index contributed by atoms with van der Waals surface area (Å²) in [5, 5.41) is 12.7. The molecule has 0 fully saturated rings. The molecule has 0 aliphatic rings. The molecule has 0 bridgehead atoms. The van der Waals surface area contributed by atoms with Crippen LogP contribution in [0.25, 0.3) is 0 Å². The van der Waals surface area contributed by atoms with Crippen LogP contribution < -0.4 is 5.32 Å². The predicted molar refractivity (Wildman–Crippen MR) is 51.4 cm³/mol. The molecule has 0 radical (unpaired) electrons. The largest absolute Gasteiger partial charge is 0.433 e. The van der Waals surface area contributed by atoms with E-state index in [-0.39, 0.29) is 12.3 Å². The second-order valence-electron chi connectivity index (χ2n) is 2.51. The Morgan fingerprint density at radius 1 is 1.73 bits per heavy atom. The number of carbonyl (C=O) groups excluding carboxylic acids is 1. The van der Waals surface area contributed by atoms with Crippen molar-refractivity contribution in [3.05, 3.63) is 46.4 Å². The van der Waals surface area contributed by atoms with Gasteiger partial charge in [0.2, 0.25) is 0 Å². The van der Waals surface area contributed by atoms with Gasteiger partial charge in [-0.3, -0.25) is 14.9 Å². The van der Waals surface area contributed by atoms with E-state index in [1.807, 2.05) is 0 Å². The minimum atomic E-state index is -0.708. The molecule has 1 aromatic heterocycles. The van der Waals surface area contributed by atoms with Crippen molar-refractivity contribution in [2.45, 2.75) is 0 Å². The van der Waals surface area contributed by atoms with Crippen LogP contribution in [0.3, 0.4) is 0 Å². The zero-order chi connectivity index (χ0) is 11.3. The summed E-state index contributed by atoms with van der Waals surface area (Å²) >= 11 is 0. The van der Waals surface area contributed by atoms with E-state index in [0.29, 0.717) is 0 Å². The van der Waals surface area contributed by atoms with Crippen LogP contribution >= 0.6 is 0 Å². The van der Waals surface area contributed by atoms with Gasteiger partial charge >= 0.3 is 5.88 Å². The van der Waals surface area contributed by atoms with Crippen LogP contribution in [0.1, 0.15) is 10.6 Å². The molecule has 0 spiro atoms. The molecular weight excluding hydrogens is 200 g/mol. The summed E-state index contributed by atoms with van der Waals surface area (Å²) < 4.78 is 4.68. The standard InChI is InChI=1S/C9H8N2O4/c1-2-3-6-10-9(12)7-4-5-8(15-7)11(13)14/h3-5H,1,6H2,(H,10,12). The molecular formula is C9H8N2O4. The van der Waals surface area contributed by atoms with Gasteiger partial charge in [0.1, 0.15) is 4.92 Å². The van der Waals surface area contributed by atoms with Crippen LogP contribution in [-0.4, -0.2) is 17.4 Å². The molecule has 1 heterocycles. The first-order valence-electron chi connectivity index (χ1n) is 4.02. The summed E-state index contributed by atoms with van der Waals surface area (Å²) in [6.45, 7) is 3.56. The number of nitro groups is 1. The van der Waals surface area contributed by atoms with Gasteiger partial charge in [0.25, 0.3) is 5.91 Å². The number of rotatable bonds is 4. The van der Waals surface area contributed by atoms with Gasteiger partial charge in [-0.25, -0.2) is 0 Å². The third-order valence-corrected chi connectivity index (χ3v) is 1.50. The van der Waals surface area contributed by atoms with Crippen molar-refractivity contribution >= 4 is 11.8 Å². The highest BCUT2D eigenvalue weighted by Gasteiger charge is 2.16. The Bertz CT molecular complexity index is 429. The Morgan fingerprint density at radius 2 is 2.47 bits per heavy atom. The molecule has 1 N–H and O–H groups in total. The first kappa shape index (κ1) is 10.7. The fourth-order valence-corrected chi connectivity index (χ4v) is 0.851. The van der Waals surface area contributed by atoms with Crippen molar-refractivity contribution in [2.24, 2.45) is 0 Å². The van der Waals surface area contributed by atoms with Crippen LogP contribution in [0.15, 0.2) is 34.9 Å². The average Bonchev–Trinajstić information content (AvgIpc) is 2.66. The molecule has 6 nitrogen and oxygen atoms in total. The Hall–Kier alpha value is -2.33. The maximum atomic E-state index is 11.3. The molecule has 0 saturated carbocycles. The second-order valence-corrected chi connectivity index (χ2v) is 2.51. The van der Waals surface area contributed by atoms with Crippen molar-refractivity contribution in [2.75, 3.05) is 6.54 Å². The minimum Gasteiger partial charge on any atom is -0.395 e. The third kappa shape index (κ3) is 2.82. The highest BCUT2D eigenvalue weighted by molar-refractivity contribution is 5.91. The van der Waals surface area contributed by atoms with Gasteiger partial charge < -0.3 is 9.73 Å². The SMILES string of the molecule is C=C=CCNC(=O)c1ccc([N+](=O)[O-])o1.